The van der Waals surface area contributed by atoms with Crippen LogP contribution >= 0.6 is 0 Å². The molecule has 0 aliphatic rings. The normalized spacial score (nSPS) is 13.0. The maximum Gasteiger partial charge on any atom is 0.270 e. The maximum atomic E-state index is 14.0. The summed E-state index contributed by atoms with van der Waals surface area (Å²) < 4.78 is 35.1. The lowest BCUT2D eigenvalue weighted by Gasteiger charge is -2.29. The summed E-state index contributed by atoms with van der Waals surface area (Å²) in [6.45, 7) is 2.71. The summed E-state index contributed by atoms with van der Waals surface area (Å²) in [5.41, 5.74) is 0.448. The van der Waals surface area contributed by atoms with Gasteiger partial charge in [-0.3, -0.25) is 14.2 Å². The van der Waals surface area contributed by atoms with Gasteiger partial charge in [0.2, 0.25) is 0 Å². The Morgan fingerprint density at radius 3 is 2.52 bits per heavy atom. The SMILES string of the molecule is Cc1nc2c(OCc3c(F)cccc3F)cccn2c1C(=O)N[C@@](C)(CO)c1ccncc1. The Hall–Kier alpha value is -3.85. The molecule has 3 heterocycles. The van der Waals surface area contributed by atoms with Gasteiger partial charge in [-0.15, -0.1) is 0 Å². The third kappa shape index (κ3) is 4.27. The molecule has 1 aromatic carbocycles. The highest BCUT2D eigenvalue weighted by molar-refractivity contribution is 5.95. The van der Waals surface area contributed by atoms with E-state index in [2.05, 4.69) is 15.3 Å². The zero-order valence-corrected chi connectivity index (χ0v) is 18.0. The summed E-state index contributed by atoms with van der Waals surface area (Å²) in [6, 6.07) is 10.3. The van der Waals surface area contributed by atoms with Gasteiger partial charge >= 0.3 is 0 Å². The van der Waals surface area contributed by atoms with Crippen LogP contribution in [0.3, 0.4) is 0 Å². The monoisotopic (exact) mass is 452 g/mol. The van der Waals surface area contributed by atoms with Crippen molar-refractivity contribution in [3.63, 3.8) is 0 Å². The summed E-state index contributed by atoms with van der Waals surface area (Å²) in [7, 11) is 0. The quantitative estimate of drug-likeness (QED) is 0.448. The average molecular weight is 452 g/mol. The minimum atomic E-state index is -1.05. The topological polar surface area (TPSA) is 88.8 Å². The molecular formula is C24H22F2N4O3. The number of aryl methyl sites for hydroxylation is 1. The standard InChI is InChI=1S/C24H22F2N4O3/c1-15-21(23(32)29-24(2,14-31)16-8-10-27-11-9-16)30-12-4-7-20(22(30)28-15)33-13-17-18(25)5-3-6-19(17)26/h3-12,31H,13-14H2,1-2H3,(H,29,32)/t24-/m0/s1. The van der Waals surface area contributed by atoms with Crippen molar-refractivity contribution in [1.82, 2.24) is 19.7 Å². The number of carbonyl (C=O) groups excluding carboxylic acids is 1. The highest BCUT2D eigenvalue weighted by atomic mass is 19.1. The minimum absolute atomic E-state index is 0.197. The van der Waals surface area contributed by atoms with Gasteiger partial charge in [0.05, 0.1) is 23.4 Å². The molecule has 4 rings (SSSR count). The minimum Gasteiger partial charge on any atom is -0.485 e. The number of aliphatic hydroxyl groups excluding tert-OH is 1. The van der Waals surface area contributed by atoms with Crippen LogP contribution in [0.2, 0.25) is 0 Å². The third-order valence-corrected chi connectivity index (χ3v) is 5.46. The molecule has 0 saturated carbocycles. The highest BCUT2D eigenvalue weighted by Crippen LogP contribution is 2.26. The van der Waals surface area contributed by atoms with Crippen molar-refractivity contribution >= 4 is 11.6 Å². The number of benzene rings is 1. The molecule has 0 bridgehead atoms. The van der Waals surface area contributed by atoms with Crippen LogP contribution in [0.5, 0.6) is 5.75 Å². The Bertz CT molecular complexity index is 1290. The Morgan fingerprint density at radius 1 is 1.15 bits per heavy atom. The fourth-order valence-electron chi connectivity index (χ4n) is 3.59. The molecule has 4 aromatic rings. The van der Waals surface area contributed by atoms with Crippen LogP contribution in [0.25, 0.3) is 5.65 Å². The summed E-state index contributed by atoms with van der Waals surface area (Å²) in [4.78, 5) is 21.6. The van der Waals surface area contributed by atoms with Crippen LogP contribution in [0.4, 0.5) is 8.78 Å². The van der Waals surface area contributed by atoms with E-state index < -0.39 is 23.1 Å². The van der Waals surface area contributed by atoms with E-state index in [-0.39, 0.29) is 30.2 Å². The van der Waals surface area contributed by atoms with Crippen molar-refractivity contribution < 1.29 is 23.4 Å². The van der Waals surface area contributed by atoms with Gasteiger partial charge in [0.1, 0.15) is 23.9 Å². The summed E-state index contributed by atoms with van der Waals surface area (Å²) in [5.74, 6) is -1.60. The number of amides is 1. The van der Waals surface area contributed by atoms with Gasteiger partial charge in [-0.1, -0.05) is 6.07 Å². The molecule has 9 heteroatoms. The number of nitrogens with one attached hydrogen (secondary N) is 1. The number of nitrogens with zero attached hydrogens (tertiary/aromatic N) is 3. The molecule has 33 heavy (non-hydrogen) atoms. The number of halogens is 2. The van der Waals surface area contributed by atoms with Gasteiger partial charge in [-0.05, 0) is 55.8 Å². The maximum absolute atomic E-state index is 14.0. The second kappa shape index (κ2) is 8.95. The van der Waals surface area contributed by atoms with E-state index in [1.165, 1.54) is 6.07 Å². The molecule has 1 amide bonds. The summed E-state index contributed by atoms with van der Waals surface area (Å²) >= 11 is 0. The fraction of sp³-hybridized carbons (Fsp3) is 0.208. The Balaban J connectivity index is 1.64. The molecule has 0 aliphatic heterocycles. The molecule has 2 N–H and O–H groups in total. The molecule has 3 aromatic heterocycles. The van der Waals surface area contributed by atoms with Crippen molar-refractivity contribution in [3.8, 4) is 5.75 Å². The highest BCUT2D eigenvalue weighted by Gasteiger charge is 2.30. The van der Waals surface area contributed by atoms with Crippen molar-refractivity contribution in [3.05, 3.63) is 95.2 Å². The molecule has 7 nitrogen and oxygen atoms in total. The van der Waals surface area contributed by atoms with Crippen LogP contribution in [-0.2, 0) is 12.1 Å². The molecule has 1 atom stereocenters. The summed E-state index contributed by atoms with van der Waals surface area (Å²) in [5, 5.41) is 12.9. The van der Waals surface area contributed by atoms with Crippen molar-refractivity contribution in [2.24, 2.45) is 0 Å². The lowest BCUT2D eigenvalue weighted by atomic mass is 9.93. The van der Waals surface area contributed by atoms with Crippen LogP contribution in [-0.4, -0.2) is 32.0 Å². The Labute approximate surface area is 188 Å². The first-order valence-corrected chi connectivity index (χ1v) is 10.2. The second-order valence-corrected chi connectivity index (χ2v) is 7.78. The first-order chi connectivity index (χ1) is 15.8. The van der Waals surface area contributed by atoms with Gasteiger partial charge in [0.25, 0.3) is 5.91 Å². The number of rotatable bonds is 7. The first kappa shape index (κ1) is 22.3. The smallest absolute Gasteiger partial charge is 0.270 e. The molecule has 0 aliphatic carbocycles. The van der Waals surface area contributed by atoms with E-state index >= 15 is 0 Å². The second-order valence-electron chi connectivity index (χ2n) is 7.78. The van der Waals surface area contributed by atoms with Crippen LogP contribution in [0.1, 0.15) is 34.2 Å². The zero-order valence-electron chi connectivity index (χ0n) is 18.0. The first-order valence-electron chi connectivity index (χ1n) is 10.2. The lowest BCUT2D eigenvalue weighted by molar-refractivity contribution is 0.0842. The largest absolute Gasteiger partial charge is 0.485 e. The van der Waals surface area contributed by atoms with Crippen LogP contribution in [0, 0.1) is 18.6 Å². The zero-order chi connectivity index (χ0) is 23.6. The van der Waals surface area contributed by atoms with Crippen molar-refractivity contribution in [1.29, 1.82) is 0 Å². The number of ether oxygens (including phenoxy) is 1. The van der Waals surface area contributed by atoms with E-state index in [0.29, 0.717) is 16.9 Å². The van der Waals surface area contributed by atoms with Gasteiger partial charge in [0, 0.05) is 18.6 Å². The van der Waals surface area contributed by atoms with Gasteiger partial charge < -0.3 is 15.2 Å². The number of pyridine rings is 2. The Kier molecular flexibility index (Phi) is 6.06. The number of hydrogen-bond acceptors (Lipinski definition) is 5. The predicted octanol–water partition coefficient (Wildman–Crippen LogP) is 3.53. The number of carbonyl (C=O) groups is 1. The molecule has 0 unspecified atom stereocenters. The molecule has 0 spiro atoms. The molecule has 0 radical (unpaired) electrons. The Morgan fingerprint density at radius 2 is 1.85 bits per heavy atom. The summed E-state index contributed by atoms with van der Waals surface area (Å²) in [6.07, 6.45) is 4.80. The van der Waals surface area contributed by atoms with Crippen molar-refractivity contribution in [2.75, 3.05) is 6.61 Å². The van der Waals surface area contributed by atoms with E-state index in [4.69, 9.17) is 4.74 Å². The lowest BCUT2D eigenvalue weighted by Crippen LogP contribution is -2.46. The molecule has 0 saturated heterocycles. The number of fused-ring (bicyclic) bond motifs is 1. The van der Waals surface area contributed by atoms with Crippen LogP contribution < -0.4 is 10.1 Å². The molecule has 170 valence electrons. The van der Waals surface area contributed by atoms with Gasteiger partial charge in [0.15, 0.2) is 11.4 Å². The van der Waals surface area contributed by atoms with Gasteiger partial charge in [-0.25, -0.2) is 13.8 Å². The molecule has 0 fully saturated rings. The number of imidazole rings is 1. The number of hydrogen-bond donors (Lipinski definition) is 2. The predicted molar refractivity (Wildman–Crippen MR) is 117 cm³/mol. The number of aromatic nitrogens is 3. The third-order valence-electron chi connectivity index (χ3n) is 5.46. The average Bonchev–Trinajstić information content (AvgIpc) is 3.16. The fourth-order valence-corrected chi connectivity index (χ4v) is 3.59. The molecular weight excluding hydrogens is 430 g/mol. The van der Waals surface area contributed by atoms with E-state index in [0.717, 1.165) is 12.1 Å². The van der Waals surface area contributed by atoms with E-state index in [1.807, 2.05) is 0 Å². The number of aliphatic hydroxyl groups is 1. The van der Waals surface area contributed by atoms with E-state index in [1.54, 1.807) is 61.1 Å². The van der Waals surface area contributed by atoms with E-state index in [9.17, 15) is 18.7 Å². The van der Waals surface area contributed by atoms with Crippen molar-refractivity contribution in [2.45, 2.75) is 26.0 Å². The van der Waals surface area contributed by atoms with Gasteiger partial charge in [-0.2, -0.15) is 0 Å². The van der Waals surface area contributed by atoms with Crippen LogP contribution in [0.15, 0.2) is 61.1 Å².